The van der Waals surface area contributed by atoms with E-state index in [4.69, 9.17) is 28.2 Å². The summed E-state index contributed by atoms with van der Waals surface area (Å²) in [5.74, 6) is -0.0631. The predicted molar refractivity (Wildman–Crippen MR) is 38.1 cm³/mol. The highest BCUT2D eigenvalue weighted by Gasteiger charge is 1.99. The molecule has 3 nitrogen and oxygen atoms in total. The van der Waals surface area contributed by atoms with Gasteiger partial charge in [-0.05, 0) is 0 Å². The van der Waals surface area contributed by atoms with E-state index in [0.29, 0.717) is 19.1 Å². The van der Waals surface area contributed by atoms with Crippen LogP contribution in [0.15, 0.2) is 0 Å². The molecule has 0 saturated carbocycles. The van der Waals surface area contributed by atoms with Gasteiger partial charge in [0.05, 0.1) is 19.6 Å². The van der Waals surface area contributed by atoms with Crippen molar-refractivity contribution in [2.75, 3.05) is 19.1 Å². The van der Waals surface area contributed by atoms with Crippen LogP contribution in [0.5, 0.6) is 0 Å². The fourth-order valence-corrected chi connectivity index (χ4v) is 0.537. The summed E-state index contributed by atoms with van der Waals surface area (Å²) in [5, 5.41) is 0. The average molecular weight is 187 g/mol. The lowest BCUT2D eigenvalue weighted by molar-refractivity contribution is -0.135. The first kappa shape index (κ1) is 10.0. The van der Waals surface area contributed by atoms with Gasteiger partial charge in [-0.3, -0.25) is 4.79 Å². The van der Waals surface area contributed by atoms with Crippen molar-refractivity contribution in [3.63, 3.8) is 0 Å². The van der Waals surface area contributed by atoms with Crippen LogP contribution in [-0.2, 0) is 13.8 Å². The van der Waals surface area contributed by atoms with E-state index in [1.54, 1.807) is 0 Å². The molecule has 0 aromatic rings. The summed E-state index contributed by atoms with van der Waals surface area (Å²) < 4.78 is 8.71. The Labute approximate surface area is 69.4 Å². The molecular weight excluding hydrogens is 179 g/mol. The first-order chi connectivity index (χ1) is 4.81. The highest BCUT2D eigenvalue weighted by Crippen LogP contribution is 1.90. The first-order valence-corrected chi connectivity index (χ1v) is 3.60. The van der Waals surface area contributed by atoms with Crippen molar-refractivity contribution in [1.29, 1.82) is 0 Å². The Hall–Kier alpha value is 0.01000. The van der Waals surface area contributed by atoms with Crippen LogP contribution in [0.2, 0.25) is 0 Å². The SMILES string of the molecule is O=C(CCOCCCl)OCl. The third-order valence-corrected chi connectivity index (χ3v) is 1.08. The molecule has 0 unspecified atom stereocenters. The van der Waals surface area contributed by atoms with Crippen molar-refractivity contribution in [2.45, 2.75) is 6.42 Å². The molecule has 0 aromatic heterocycles. The molecule has 0 saturated heterocycles. The van der Waals surface area contributed by atoms with E-state index in [1.807, 2.05) is 0 Å². The van der Waals surface area contributed by atoms with Crippen LogP contribution in [0.1, 0.15) is 6.42 Å². The number of alkyl halides is 1. The molecule has 0 fully saturated rings. The standard InChI is InChI=1S/C5H8Cl2O3/c6-2-4-9-3-1-5(8)10-7/h1-4H2. The van der Waals surface area contributed by atoms with Gasteiger partial charge < -0.3 is 9.03 Å². The van der Waals surface area contributed by atoms with Gasteiger partial charge in [-0.2, -0.15) is 0 Å². The highest BCUT2D eigenvalue weighted by atomic mass is 35.5. The number of carbonyl (C=O) groups is 1. The molecule has 0 aromatic carbocycles. The van der Waals surface area contributed by atoms with Crippen LogP contribution in [-0.4, -0.2) is 25.1 Å². The zero-order valence-electron chi connectivity index (χ0n) is 5.31. The lowest BCUT2D eigenvalue weighted by atomic mass is 10.5. The van der Waals surface area contributed by atoms with Crippen LogP contribution < -0.4 is 0 Å². The monoisotopic (exact) mass is 186 g/mol. The molecule has 10 heavy (non-hydrogen) atoms. The van der Waals surface area contributed by atoms with E-state index in [2.05, 4.69) is 4.29 Å². The molecule has 0 aliphatic carbocycles. The first-order valence-electron chi connectivity index (χ1n) is 2.76. The number of rotatable bonds is 5. The number of ether oxygens (including phenoxy) is 1. The van der Waals surface area contributed by atoms with E-state index in [-0.39, 0.29) is 6.42 Å². The zero-order valence-corrected chi connectivity index (χ0v) is 6.82. The summed E-state index contributed by atoms with van der Waals surface area (Å²) in [4.78, 5) is 10.3. The minimum absolute atomic E-state index is 0.167. The van der Waals surface area contributed by atoms with Crippen LogP contribution in [0, 0.1) is 0 Å². The zero-order chi connectivity index (χ0) is 7.82. The maximum Gasteiger partial charge on any atom is 0.327 e. The number of hydrogen-bond acceptors (Lipinski definition) is 3. The second-order valence-corrected chi connectivity index (χ2v) is 2.03. The van der Waals surface area contributed by atoms with Gasteiger partial charge in [-0.25, -0.2) is 0 Å². The number of carbonyl (C=O) groups excluding carboxylic acids is 1. The average Bonchev–Trinajstić information content (AvgIpc) is 1.98. The molecular formula is C5H8Cl2O3. The van der Waals surface area contributed by atoms with Crippen molar-refractivity contribution in [1.82, 2.24) is 0 Å². The maximum absolute atomic E-state index is 10.3. The van der Waals surface area contributed by atoms with Crippen molar-refractivity contribution < 1.29 is 13.8 Å². The Bertz CT molecular complexity index is 96.9. The third-order valence-electron chi connectivity index (χ3n) is 0.758. The Kier molecular flexibility index (Phi) is 7.13. The van der Waals surface area contributed by atoms with Gasteiger partial charge in [0.2, 0.25) is 0 Å². The normalized spacial score (nSPS) is 9.40. The van der Waals surface area contributed by atoms with Gasteiger partial charge in [0.15, 0.2) is 0 Å². The van der Waals surface area contributed by atoms with E-state index in [0.717, 1.165) is 0 Å². The van der Waals surface area contributed by atoms with Crippen molar-refractivity contribution in [3.8, 4) is 0 Å². The molecule has 0 spiro atoms. The Morgan fingerprint density at radius 3 is 2.60 bits per heavy atom. The van der Waals surface area contributed by atoms with Crippen molar-refractivity contribution in [3.05, 3.63) is 0 Å². The molecule has 60 valence electrons. The van der Waals surface area contributed by atoms with Crippen molar-refractivity contribution >= 4 is 29.4 Å². The van der Waals surface area contributed by atoms with Gasteiger partial charge in [-0.1, -0.05) is 0 Å². The van der Waals surface area contributed by atoms with Crippen LogP contribution in [0.25, 0.3) is 0 Å². The molecule has 0 N–H and O–H groups in total. The summed E-state index contributed by atoms with van der Waals surface area (Å²) in [6, 6.07) is 0. The minimum atomic E-state index is -0.490. The van der Waals surface area contributed by atoms with Gasteiger partial charge in [-0.15, -0.1) is 11.6 Å². The summed E-state index contributed by atoms with van der Waals surface area (Å²) >= 11 is 10.0. The Morgan fingerprint density at radius 1 is 1.40 bits per heavy atom. The second kappa shape index (κ2) is 7.12. The fraction of sp³-hybridized carbons (Fsp3) is 0.800. The molecule has 5 heteroatoms. The molecule has 0 aliphatic rings. The summed E-state index contributed by atoms with van der Waals surface area (Å²) in [5.41, 5.74) is 0. The van der Waals surface area contributed by atoms with Gasteiger partial charge >= 0.3 is 5.97 Å². The van der Waals surface area contributed by atoms with Crippen LogP contribution in [0.3, 0.4) is 0 Å². The Morgan fingerprint density at radius 2 is 2.10 bits per heavy atom. The molecule has 0 amide bonds. The molecule has 0 atom stereocenters. The number of halogens is 2. The minimum Gasteiger partial charge on any atom is -0.380 e. The second-order valence-electron chi connectivity index (χ2n) is 1.50. The largest absolute Gasteiger partial charge is 0.380 e. The summed E-state index contributed by atoms with van der Waals surface area (Å²) in [7, 11) is 0. The third kappa shape index (κ3) is 6.13. The lowest BCUT2D eigenvalue weighted by Gasteiger charge is -1.97. The smallest absolute Gasteiger partial charge is 0.327 e. The van der Waals surface area contributed by atoms with Gasteiger partial charge in [0.25, 0.3) is 0 Å². The van der Waals surface area contributed by atoms with Gasteiger partial charge in [0, 0.05) is 5.88 Å². The van der Waals surface area contributed by atoms with Crippen molar-refractivity contribution in [2.24, 2.45) is 0 Å². The van der Waals surface area contributed by atoms with E-state index in [1.165, 1.54) is 0 Å². The Balaban J connectivity index is 2.96. The topological polar surface area (TPSA) is 35.5 Å². The summed E-state index contributed by atoms with van der Waals surface area (Å²) in [6.07, 6.45) is 0.167. The molecule has 0 heterocycles. The molecule has 0 bridgehead atoms. The quantitative estimate of drug-likeness (QED) is 0.481. The highest BCUT2D eigenvalue weighted by molar-refractivity contribution is 6.17. The maximum atomic E-state index is 10.3. The van der Waals surface area contributed by atoms with Gasteiger partial charge in [0.1, 0.15) is 11.9 Å². The van der Waals surface area contributed by atoms with Crippen LogP contribution >= 0.6 is 23.5 Å². The fourth-order valence-electron chi connectivity index (χ4n) is 0.351. The predicted octanol–water partition coefficient (Wildman–Crippen LogP) is 1.33. The molecule has 0 radical (unpaired) electrons. The van der Waals surface area contributed by atoms with Crippen LogP contribution in [0.4, 0.5) is 0 Å². The summed E-state index contributed by atoms with van der Waals surface area (Å²) in [6.45, 7) is 0.745. The van der Waals surface area contributed by atoms with E-state index in [9.17, 15) is 4.79 Å². The molecule has 0 rings (SSSR count). The van der Waals surface area contributed by atoms with E-state index < -0.39 is 5.97 Å². The number of hydrogen-bond donors (Lipinski definition) is 0. The molecule has 0 aliphatic heterocycles. The lowest BCUT2D eigenvalue weighted by Crippen LogP contribution is -2.04. The van der Waals surface area contributed by atoms with E-state index >= 15 is 0 Å².